The van der Waals surface area contributed by atoms with E-state index in [0.29, 0.717) is 0 Å². The minimum atomic E-state index is -0.0508. The number of hydrogen-bond acceptors (Lipinski definition) is 2. The van der Waals surface area contributed by atoms with Crippen LogP contribution in [0.15, 0.2) is 18.2 Å². The summed E-state index contributed by atoms with van der Waals surface area (Å²) in [6, 6.07) is 6.34. The molecule has 0 saturated heterocycles. The molecular formula is C15H23N3. The summed E-state index contributed by atoms with van der Waals surface area (Å²) in [6.07, 6.45) is 0. The van der Waals surface area contributed by atoms with Gasteiger partial charge in [0.25, 0.3) is 0 Å². The van der Waals surface area contributed by atoms with E-state index in [0.717, 1.165) is 17.9 Å². The normalized spacial score (nSPS) is 14.1. The summed E-state index contributed by atoms with van der Waals surface area (Å²) >= 11 is 0. The summed E-state index contributed by atoms with van der Waals surface area (Å²) in [5.74, 6) is 0.991. The van der Waals surface area contributed by atoms with Gasteiger partial charge in [-0.2, -0.15) is 0 Å². The number of aryl methyl sites for hydroxylation is 2. The van der Waals surface area contributed by atoms with E-state index in [9.17, 15) is 0 Å². The van der Waals surface area contributed by atoms with E-state index in [1.54, 1.807) is 0 Å². The molecule has 0 aliphatic carbocycles. The lowest BCUT2D eigenvalue weighted by molar-refractivity contribution is 0.309. The Balaban J connectivity index is 2.64. The van der Waals surface area contributed by atoms with Gasteiger partial charge in [-0.1, -0.05) is 26.8 Å². The summed E-state index contributed by atoms with van der Waals surface area (Å²) < 4.78 is 2.23. The zero-order chi connectivity index (χ0) is 13.5. The third-order valence-corrected chi connectivity index (χ3v) is 3.46. The summed E-state index contributed by atoms with van der Waals surface area (Å²) in [5, 5.41) is 0. The largest absolute Gasteiger partial charge is 0.327 e. The number of benzene rings is 1. The smallest absolute Gasteiger partial charge is 0.127 e. The molecule has 2 rings (SSSR count). The molecule has 0 aliphatic rings. The average molecular weight is 245 g/mol. The summed E-state index contributed by atoms with van der Waals surface area (Å²) in [4.78, 5) is 4.75. The first-order chi connectivity index (χ1) is 8.34. The second kappa shape index (κ2) is 4.39. The Labute approximate surface area is 109 Å². The lowest BCUT2D eigenvalue weighted by atomic mass is 9.87. The minimum absolute atomic E-state index is 0.0172. The van der Waals surface area contributed by atoms with Crippen molar-refractivity contribution in [2.24, 2.45) is 11.1 Å². The molecular weight excluding hydrogens is 222 g/mol. The molecule has 1 aromatic heterocycles. The van der Waals surface area contributed by atoms with Gasteiger partial charge < -0.3 is 10.3 Å². The number of nitrogens with two attached hydrogens (primary N) is 1. The molecule has 3 nitrogen and oxygen atoms in total. The number of hydrogen-bond donors (Lipinski definition) is 1. The van der Waals surface area contributed by atoms with E-state index in [2.05, 4.69) is 57.4 Å². The Hall–Kier alpha value is -1.35. The summed E-state index contributed by atoms with van der Waals surface area (Å²) in [6.45, 7) is 11.6. The highest BCUT2D eigenvalue weighted by Gasteiger charge is 2.27. The molecule has 98 valence electrons. The molecule has 18 heavy (non-hydrogen) atoms. The van der Waals surface area contributed by atoms with Crippen LogP contribution in [0.3, 0.4) is 0 Å². The minimum Gasteiger partial charge on any atom is -0.327 e. The van der Waals surface area contributed by atoms with Gasteiger partial charge in [0.2, 0.25) is 0 Å². The first kappa shape index (κ1) is 13.1. The zero-order valence-electron chi connectivity index (χ0n) is 12.0. The van der Waals surface area contributed by atoms with Gasteiger partial charge in [-0.3, -0.25) is 0 Å². The van der Waals surface area contributed by atoms with E-state index < -0.39 is 0 Å². The van der Waals surface area contributed by atoms with Crippen LogP contribution in [0.5, 0.6) is 0 Å². The highest BCUT2D eigenvalue weighted by atomic mass is 15.1. The zero-order valence-corrected chi connectivity index (χ0v) is 12.0. The van der Waals surface area contributed by atoms with Gasteiger partial charge in [0.05, 0.1) is 17.1 Å². The Morgan fingerprint density at radius 1 is 1.33 bits per heavy atom. The molecule has 1 unspecified atom stereocenters. The molecule has 0 amide bonds. The molecule has 0 fully saturated rings. The van der Waals surface area contributed by atoms with Crippen LogP contribution in [-0.2, 0) is 6.54 Å². The molecule has 1 aromatic carbocycles. The molecule has 0 spiro atoms. The predicted octanol–water partition coefficient (Wildman–Crippen LogP) is 3.41. The molecule has 0 radical (unpaired) electrons. The Bertz CT molecular complexity index is 561. The van der Waals surface area contributed by atoms with Gasteiger partial charge in [-0.15, -0.1) is 0 Å². The van der Waals surface area contributed by atoms with Crippen molar-refractivity contribution in [3.05, 3.63) is 29.6 Å². The SMILES string of the molecule is CCn1c(C(N)C(C)(C)C)nc2cc(C)ccc21. The van der Waals surface area contributed by atoms with E-state index in [-0.39, 0.29) is 11.5 Å². The molecule has 0 bridgehead atoms. The Morgan fingerprint density at radius 2 is 2.00 bits per heavy atom. The molecule has 2 N–H and O–H groups in total. The van der Waals surface area contributed by atoms with Crippen LogP contribution < -0.4 is 5.73 Å². The molecule has 3 heteroatoms. The van der Waals surface area contributed by atoms with Crippen LogP contribution >= 0.6 is 0 Å². The van der Waals surface area contributed by atoms with Gasteiger partial charge in [-0.05, 0) is 37.0 Å². The second-order valence-electron chi connectivity index (χ2n) is 6.05. The van der Waals surface area contributed by atoms with Crippen molar-refractivity contribution >= 4 is 11.0 Å². The van der Waals surface area contributed by atoms with Gasteiger partial charge in [-0.25, -0.2) is 4.98 Å². The van der Waals surface area contributed by atoms with Crippen LogP contribution in [-0.4, -0.2) is 9.55 Å². The molecule has 2 aromatic rings. The van der Waals surface area contributed by atoms with Gasteiger partial charge in [0.15, 0.2) is 0 Å². The summed E-state index contributed by atoms with van der Waals surface area (Å²) in [7, 11) is 0. The highest BCUT2D eigenvalue weighted by Crippen LogP contribution is 2.32. The topological polar surface area (TPSA) is 43.8 Å². The number of imidazole rings is 1. The lowest BCUT2D eigenvalue weighted by Gasteiger charge is -2.26. The van der Waals surface area contributed by atoms with Crippen molar-refractivity contribution < 1.29 is 0 Å². The number of rotatable bonds is 2. The quantitative estimate of drug-likeness (QED) is 0.881. The van der Waals surface area contributed by atoms with Gasteiger partial charge >= 0.3 is 0 Å². The van der Waals surface area contributed by atoms with Crippen LogP contribution in [0.4, 0.5) is 0 Å². The van der Waals surface area contributed by atoms with Crippen molar-refractivity contribution in [2.75, 3.05) is 0 Å². The van der Waals surface area contributed by atoms with E-state index in [1.807, 2.05) is 0 Å². The Kier molecular flexibility index (Phi) is 3.20. The van der Waals surface area contributed by atoms with E-state index in [4.69, 9.17) is 10.7 Å². The highest BCUT2D eigenvalue weighted by molar-refractivity contribution is 5.77. The van der Waals surface area contributed by atoms with Crippen molar-refractivity contribution in [1.29, 1.82) is 0 Å². The molecule has 1 atom stereocenters. The van der Waals surface area contributed by atoms with E-state index in [1.165, 1.54) is 11.1 Å². The van der Waals surface area contributed by atoms with Crippen LogP contribution in [0, 0.1) is 12.3 Å². The number of nitrogens with zero attached hydrogens (tertiary/aromatic N) is 2. The van der Waals surface area contributed by atoms with Crippen LogP contribution in [0.1, 0.15) is 45.1 Å². The van der Waals surface area contributed by atoms with Crippen molar-refractivity contribution in [3.8, 4) is 0 Å². The van der Waals surface area contributed by atoms with Gasteiger partial charge in [0, 0.05) is 6.54 Å². The first-order valence-corrected chi connectivity index (χ1v) is 6.57. The third kappa shape index (κ3) is 2.15. The second-order valence-corrected chi connectivity index (χ2v) is 6.05. The maximum Gasteiger partial charge on any atom is 0.127 e. The standard InChI is InChI=1S/C15H23N3/c1-6-18-12-8-7-10(2)9-11(12)17-14(18)13(16)15(3,4)5/h7-9,13H,6,16H2,1-5H3. The third-order valence-electron chi connectivity index (χ3n) is 3.46. The fourth-order valence-corrected chi connectivity index (χ4v) is 2.22. The van der Waals surface area contributed by atoms with E-state index >= 15 is 0 Å². The maximum atomic E-state index is 6.37. The van der Waals surface area contributed by atoms with Crippen LogP contribution in [0.2, 0.25) is 0 Å². The number of aromatic nitrogens is 2. The lowest BCUT2D eigenvalue weighted by Crippen LogP contribution is -2.29. The van der Waals surface area contributed by atoms with Gasteiger partial charge in [0.1, 0.15) is 5.82 Å². The average Bonchev–Trinajstić information content (AvgIpc) is 2.63. The molecule has 0 saturated carbocycles. The fourth-order valence-electron chi connectivity index (χ4n) is 2.22. The van der Waals surface area contributed by atoms with Crippen LogP contribution in [0.25, 0.3) is 11.0 Å². The van der Waals surface area contributed by atoms with Crippen molar-refractivity contribution in [2.45, 2.75) is 47.2 Å². The first-order valence-electron chi connectivity index (χ1n) is 6.57. The van der Waals surface area contributed by atoms with Crippen molar-refractivity contribution in [1.82, 2.24) is 9.55 Å². The Morgan fingerprint density at radius 3 is 2.56 bits per heavy atom. The summed E-state index contributed by atoms with van der Waals surface area (Å²) in [5.41, 5.74) is 9.85. The monoisotopic (exact) mass is 245 g/mol. The van der Waals surface area contributed by atoms with Crippen molar-refractivity contribution in [3.63, 3.8) is 0 Å². The fraction of sp³-hybridized carbons (Fsp3) is 0.533. The maximum absolute atomic E-state index is 6.37. The predicted molar refractivity (Wildman–Crippen MR) is 76.5 cm³/mol. The molecule has 0 aliphatic heterocycles. The molecule has 1 heterocycles. The number of fused-ring (bicyclic) bond motifs is 1.